The predicted octanol–water partition coefficient (Wildman–Crippen LogP) is 1.64. The number of hydrogen-bond acceptors (Lipinski definition) is 3. The molecule has 7 heteroatoms. The highest BCUT2D eigenvalue weighted by Gasteiger charge is 2.39. The van der Waals surface area contributed by atoms with E-state index >= 15 is 0 Å². The predicted molar refractivity (Wildman–Crippen MR) is 85.8 cm³/mol. The van der Waals surface area contributed by atoms with Crippen LogP contribution in [0.4, 0.5) is 9.18 Å². The van der Waals surface area contributed by atoms with Crippen LogP contribution in [0.1, 0.15) is 12.0 Å². The molecule has 1 unspecified atom stereocenters. The summed E-state index contributed by atoms with van der Waals surface area (Å²) in [6, 6.07) is 8.26. The minimum absolute atomic E-state index is 0.0139. The van der Waals surface area contributed by atoms with Crippen LogP contribution in [-0.2, 0) is 4.79 Å². The van der Waals surface area contributed by atoms with Gasteiger partial charge in [-0.1, -0.05) is 42.5 Å². The number of nitrogens with one attached hydrogen (secondary N) is 2. The van der Waals surface area contributed by atoms with Crippen LogP contribution in [0.5, 0.6) is 0 Å². The molecule has 3 amide bonds. The standard InChI is InChI=1S/C17H18FN3O3/c18-17(11-21-10-14(15(22)20-24)19-16(21)23)8-6-13(7-9-17)12-4-2-1-3-5-12/h1-8,14,24H,9-11H2,(H,19,23)(H,20,22)/t14-,17?/m1/s1. The molecule has 1 aromatic rings. The van der Waals surface area contributed by atoms with Gasteiger partial charge in [0.1, 0.15) is 11.7 Å². The summed E-state index contributed by atoms with van der Waals surface area (Å²) in [6.45, 7) is -0.136. The molecule has 1 aromatic carbocycles. The van der Waals surface area contributed by atoms with E-state index in [0.717, 1.165) is 11.1 Å². The third-order valence-electron chi connectivity index (χ3n) is 4.20. The molecule has 1 aliphatic carbocycles. The second-order valence-corrected chi connectivity index (χ2v) is 5.96. The number of benzene rings is 1. The van der Waals surface area contributed by atoms with Gasteiger partial charge in [0.05, 0.1) is 13.1 Å². The number of amides is 3. The number of carbonyl (C=O) groups excluding carboxylic acids is 2. The van der Waals surface area contributed by atoms with Crippen LogP contribution in [-0.4, -0.2) is 46.8 Å². The van der Waals surface area contributed by atoms with Crippen molar-refractivity contribution in [1.29, 1.82) is 0 Å². The third kappa shape index (κ3) is 3.30. The number of alkyl halides is 1. The van der Waals surface area contributed by atoms with Gasteiger partial charge in [0, 0.05) is 6.42 Å². The molecule has 0 radical (unpaired) electrons. The second kappa shape index (κ2) is 6.45. The van der Waals surface area contributed by atoms with Gasteiger partial charge in [-0.15, -0.1) is 0 Å². The first kappa shape index (κ1) is 16.2. The summed E-state index contributed by atoms with van der Waals surface area (Å²) in [4.78, 5) is 24.5. The van der Waals surface area contributed by atoms with E-state index in [4.69, 9.17) is 5.21 Å². The Morgan fingerprint density at radius 1 is 1.42 bits per heavy atom. The van der Waals surface area contributed by atoms with Gasteiger partial charge >= 0.3 is 6.03 Å². The Bertz CT molecular complexity index is 704. The number of rotatable bonds is 4. The molecule has 0 saturated carbocycles. The Morgan fingerprint density at radius 3 is 2.79 bits per heavy atom. The van der Waals surface area contributed by atoms with Crippen molar-refractivity contribution >= 4 is 17.5 Å². The zero-order valence-electron chi connectivity index (χ0n) is 12.9. The van der Waals surface area contributed by atoms with Crippen LogP contribution in [0.2, 0.25) is 0 Å². The molecule has 1 heterocycles. The highest BCUT2D eigenvalue weighted by atomic mass is 19.1. The zero-order chi connectivity index (χ0) is 17.2. The maximum atomic E-state index is 15.0. The summed E-state index contributed by atoms with van der Waals surface area (Å²) in [6.07, 6.45) is 5.13. The number of hydrogen-bond donors (Lipinski definition) is 3. The van der Waals surface area contributed by atoms with Crippen molar-refractivity contribution in [2.75, 3.05) is 13.1 Å². The number of halogens is 1. The largest absolute Gasteiger partial charge is 0.324 e. The van der Waals surface area contributed by atoms with Gasteiger partial charge in [0.15, 0.2) is 0 Å². The van der Waals surface area contributed by atoms with Crippen LogP contribution < -0.4 is 10.8 Å². The molecule has 24 heavy (non-hydrogen) atoms. The molecule has 0 aromatic heterocycles. The van der Waals surface area contributed by atoms with E-state index in [0.29, 0.717) is 0 Å². The molecule has 2 atom stereocenters. The van der Waals surface area contributed by atoms with E-state index in [1.54, 1.807) is 12.2 Å². The van der Waals surface area contributed by atoms with E-state index in [1.165, 1.54) is 16.5 Å². The van der Waals surface area contributed by atoms with Crippen LogP contribution >= 0.6 is 0 Å². The lowest BCUT2D eigenvalue weighted by Crippen LogP contribution is -2.41. The lowest BCUT2D eigenvalue weighted by molar-refractivity contribution is -0.130. The average molecular weight is 331 g/mol. The van der Waals surface area contributed by atoms with Crippen molar-refractivity contribution in [1.82, 2.24) is 15.7 Å². The van der Waals surface area contributed by atoms with E-state index in [1.807, 2.05) is 30.3 Å². The summed E-state index contributed by atoms with van der Waals surface area (Å²) >= 11 is 0. The molecule has 0 bridgehead atoms. The van der Waals surface area contributed by atoms with Gasteiger partial charge in [-0.25, -0.2) is 14.7 Å². The fourth-order valence-electron chi connectivity index (χ4n) is 2.89. The average Bonchev–Trinajstić information content (AvgIpc) is 2.96. The molecule has 3 N–H and O–H groups in total. The van der Waals surface area contributed by atoms with Crippen molar-refractivity contribution < 1.29 is 19.2 Å². The van der Waals surface area contributed by atoms with Gasteiger partial charge < -0.3 is 10.2 Å². The number of hydroxylamine groups is 1. The van der Waals surface area contributed by atoms with Crippen molar-refractivity contribution in [3.05, 3.63) is 54.1 Å². The van der Waals surface area contributed by atoms with Gasteiger partial charge in [-0.2, -0.15) is 0 Å². The first-order valence-electron chi connectivity index (χ1n) is 7.64. The monoisotopic (exact) mass is 331 g/mol. The Kier molecular flexibility index (Phi) is 4.35. The summed E-state index contributed by atoms with van der Waals surface area (Å²) < 4.78 is 15.0. The van der Waals surface area contributed by atoms with E-state index in [-0.39, 0.29) is 19.5 Å². The molecule has 1 fully saturated rings. The van der Waals surface area contributed by atoms with Gasteiger partial charge in [0.2, 0.25) is 0 Å². The summed E-state index contributed by atoms with van der Waals surface area (Å²) in [7, 11) is 0. The summed E-state index contributed by atoms with van der Waals surface area (Å²) in [5.74, 6) is -0.718. The van der Waals surface area contributed by atoms with E-state index in [2.05, 4.69) is 5.32 Å². The topological polar surface area (TPSA) is 81.7 Å². The van der Waals surface area contributed by atoms with Gasteiger partial charge in [-0.05, 0) is 17.2 Å². The molecule has 0 spiro atoms. The number of nitrogens with zero attached hydrogens (tertiary/aromatic N) is 1. The van der Waals surface area contributed by atoms with Crippen LogP contribution in [0, 0.1) is 0 Å². The van der Waals surface area contributed by atoms with Crippen molar-refractivity contribution in [2.24, 2.45) is 0 Å². The first-order valence-corrected chi connectivity index (χ1v) is 7.64. The Hall–Kier alpha value is -2.67. The Balaban J connectivity index is 1.65. The first-order chi connectivity index (χ1) is 11.5. The highest BCUT2D eigenvalue weighted by molar-refractivity contribution is 5.89. The van der Waals surface area contributed by atoms with Gasteiger partial charge in [0.25, 0.3) is 5.91 Å². The maximum Gasteiger partial charge on any atom is 0.318 e. The number of urea groups is 1. The Morgan fingerprint density at radius 2 is 2.17 bits per heavy atom. The molecule has 6 nitrogen and oxygen atoms in total. The third-order valence-corrected chi connectivity index (χ3v) is 4.20. The molecular formula is C17H18FN3O3. The van der Waals surface area contributed by atoms with E-state index < -0.39 is 23.6 Å². The molecule has 126 valence electrons. The normalized spacial score (nSPS) is 26.1. The second-order valence-electron chi connectivity index (χ2n) is 5.96. The fourth-order valence-corrected chi connectivity index (χ4v) is 2.89. The molecule has 2 aliphatic rings. The smallest absolute Gasteiger partial charge is 0.318 e. The molecule has 1 saturated heterocycles. The lowest BCUT2D eigenvalue weighted by Gasteiger charge is -2.28. The molecule has 1 aliphatic heterocycles. The zero-order valence-corrected chi connectivity index (χ0v) is 12.9. The molecular weight excluding hydrogens is 313 g/mol. The summed E-state index contributed by atoms with van der Waals surface area (Å²) in [5.41, 5.74) is 1.75. The highest BCUT2D eigenvalue weighted by Crippen LogP contribution is 2.30. The quantitative estimate of drug-likeness (QED) is 0.579. The minimum Gasteiger partial charge on any atom is -0.324 e. The van der Waals surface area contributed by atoms with Crippen LogP contribution in [0.3, 0.4) is 0 Å². The van der Waals surface area contributed by atoms with Gasteiger partial charge in [-0.3, -0.25) is 10.0 Å². The summed E-state index contributed by atoms with van der Waals surface area (Å²) in [5, 5.41) is 11.0. The number of carbonyl (C=O) groups is 2. The maximum absolute atomic E-state index is 15.0. The minimum atomic E-state index is -1.68. The van der Waals surface area contributed by atoms with E-state index in [9.17, 15) is 14.0 Å². The SMILES string of the molecule is O=C(NO)[C@H]1CN(CC2(F)C=CC(c3ccccc3)=CC2)C(=O)N1. The number of allylic oxidation sites excluding steroid dienone is 3. The van der Waals surface area contributed by atoms with Crippen molar-refractivity contribution in [3.8, 4) is 0 Å². The Labute approximate surface area is 138 Å². The van der Waals surface area contributed by atoms with Crippen LogP contribution in [0.15, 0.2) is 48.6 Å². The fraction of sp³-hybridized carbons (Fsp3) is 0.294. The molecule has 3 rings (SSSR count). The van der Waals surface area contributed by atoms with Crippen molar-refractivity contribution in [2.45, 2.75) is 18.1 Å². The van der Waals surface area contributed by atoms with Crippen LogP contribution in [0.25, 0.3) is 5.57 Å². The lowest BCUT2D eigenvalue weighted by atomic mass is 9.90. The van der Waals surface area contributed by atoms with Crippen molar-refractivity contribution in [3.63, 3.8) is 0 Å².